The summed E-state index contributed by atoms with van der Waals surface area (Å²) < 4.78 is 39.6. The lowest BCUT2D eigenvalue weighted by atomic mass is 10.1. The summed E-state index contributed by atoms with van der Waals surface area (Å²) in [5.74, 6) is 0.123. The molecule has 0 saturated carbocycles. The van der Waals surface area contributed by atoms with Crippen LogP contribution in [0.1, 0.15) is 38.8 Å². The van der Waals surface area contributed by atoms with Crippen molar-refractivity contribution in [2.75, 3.05) is 25.1 Å². The molecule has 2 amide bonds. The standard InChI is InChI=1S/C31H39N3O6S/c1-22-14-16-28(17-15-22)41(37,38)34(25-11-9-13-27(19-25)40-7)21-29(35)33(23(2)30(36)32-31(3,4)5)20-24-10-8-12-26(18-24)39-6/h8-19,23H,20-21H2,1-7H3,(H,32,36)/t23-/m0/s1. The number of aryl methyl sites for hydroxylation is 1. The number of rotatable bonds is 11. The molecule has 0 radical (unpaired) electrons. The first-order chi connectivity index (χ1) is 19.2. The second-order valence-electron chi connectivity index (χ2n) is 10.8. The Balaban J connectivity index is 2.07. The van der Waals surface area contributed by atoms with Gasteiger partial charge in [0.15, 0.2) is 0 Å². The number of nitrogens with one attached hydrogen (secondary N) is 1. The molecule has 220 valence electrons. The lowest BCUT2D eigenvalue weighted by Crippen LogP contribution is -2.54. The maximum Gasteiger partial charge on any atom is 0.264 e. The second-order valence-corrected chi connectivity index (χ2v) is 12.7. The van der Waals surface area contributed by atoms with Gasteiger partial charge in [-0.25, -0.2) is 8.42 Å². The number of carbonyl (C=O) groups excluding carboxylic acids is 2. The Labute approximate surface area is 243 Å². The number of sulfonamides is 1. The van der Waals surface area contributed by atoms with Gasteiger partial charge in [-0.3, -0.25) is 13.9 Å². The van der Waals surface area contributed by atoms with Crippen molar-refractivity contribution < 1.29 is 27.5 Å². The lowest BCUT2D eigenvalue weighted by molar-refractivity contribution is -0.140. The third-order valence-corrected chi connectivity index (χ3v) is 8.17. The molecular formula is C31H39N3O6S. The van der Waals surface area contributed by atoms with E-state index in [4.69, 9.17) is 9.47 Å². The Kier molecular flexibility index (Phi) is 10.0. The molecule has 0 aliphatic heterocycles. The van der Waals surface area contributed by atoms with E-state index in [1.54, 1.807) is 68.6 Å². The first-order valence-electron chi connectivity index (χ1n) is 13.2. The van der Waals surface area contributed by atoms with Crippen LogP contribution in [-0.4, -0.2) is 57.5 Å². The van der Waals surface area contributed by atoms with E-state index >= 15 is 0 Å². The van der Waals surface area contributed by atoms with Crippen molar-refractivity contribution in [3.63, 3.8) is 0 Å². The molecule has 1 atom stereocenters. The Morgan fingerprint density at radius 2 is 1.49 bits per heavy atom. The van der Waals surface area contributed by atoms with Crippen molar-refractivity contribution >= 4 is 27.5 Å². The van der Waals surface area contributed by atoms with E-state index in [1.807, 2.05) is 33.8 Å². The number of amides is 2. The van der Waals surface area contributed by atoms with Crippen LogP contribution in [0.25, 0.3) is 0 Å². The zero-order valence-corrected chi connectivity index (χ0v) is 25.5. The van der Waals surface area contributed by atoms with Gasteiger partial charge in [-0.15, -0.1) is 0 Å². The molecule has 0 saturated heterocycles. The van der Waals surface area contributed by atoms with E-state index < -0.39 is 34.1 Å². The van der Waals surface area contributed by atoms with Gasteiger partial charge in [0.05, 0.1) is 24.8 Å². The smallest absolute Gasteiger partial charge is 0.264 e. The van der Waals surface area contributed by atoms with Crippen LogP contribution in [0.4, 0.5) is 5.69 Å². The minimum atomic E-state index is -4.17. The maximum absolute atomic E-state index is 14.1. The Morgan fingerprint density at radius 3 is 2.07 bits per heavy atom. The topological polar surface area (TPSA) is 105 Å². The number of hydrogen-bond acceptors (Lipinski definition) is 6. The summed E-state index contributed by atoms with van der Waals surface area (Å²) in [5, 5.41) is 2.92. The van der Waals surface area contributed by atoms with Crippen LogP contribution < -0.4 is 19.1 Å². The van der Waals surface area contributed by atoms with Gasteiger partial charge in [0, 0.05) is 18.2 Å². The fourth-order valence-corrected chi connectivity index (χ4v) is 5.56. The van der Waals surface area contributed by atoms with E-state index in [0.29, 0.717) is 11.5 Å². The van der Waals surface area contributed by atoms with Gasteiger partial charge >= 0.3 is 0 Å². The summed E-state index contributed by atoms with van der Waals surface area (Å²) in [6.45, 7) is 8.56. The monoisotopic (exact) mass is 581 g/mol. The van der Waals surface area contributed by atoms with Crippen LogP contribution >= 0.6 is 0 Å². The van der Waals surface area contributed by atoms with Crippen molar-refractivity contribution in [2.45, 2.75) is 57.6 Å². The molecule has 9 nitrogen and oxygen atoms in total. The molecule has 0 aromatic heterocycles. The summed E-state index contributed by atoms with van der Waals surface area (Å²) in [4.78, 5) is 28.7. The molecule has 3 aromatic rings. The third-order valence-electron chi connectivity index (χ3n) is 6.38. The fourth-order valence-electron chi connectivity index (χ4n) is 4.16. The molecule has 3 aromatic carbocycles. The van der Waals surface area contributed by atoms with Gasteiger partial charge in [-0.05, 0) is 76.6 Å². The Morgan fingerprint density at radius 1 is 0.902 bits per heavy atom. The molecule has 0 heterocycles. The fraction of sp³-hybridized carbons (Fsp3) is 0.355. The van der Waals surface area contributed by atoms with Crippen molar-refractivity contribution in [3.8, 4) is 11.5 Å². The minimum absolute atomic E-state index is 0.0385. The van der Waals surface area contributed by atoms with Gasteiger partial charge in [-0.2, -0.15) is 0 Å². The molecule has 0 bridgehead atoms. The number of methoxy groups -OCH3 is 2. The number of benzene rings is 3. The highest BCUT2D eigenvalue weighted by Gasteiger charge is 2.33. The number of hydrogen-bond donors (Lipinski definition) is 1. The zero-order valence-electron chi connectivity index (χ0n) is 24.7. The summed E-state index contributed by atoms with van der Waals surface area (Å²) in [6.07, 6.45) is 0. The van der Waals surface area contributed by atoms with Gasteiger partial charge in [-0.1, -0.05) is 35.9 Å². The molecule has 0 unspecified atom stereocenters. The first kappa shape index (κ1) is 31.5. The summed E-state index contributed by atoms with van der Waals surface area (Å²) in [5.41, 5.74) is 1.35. The normalized spacial score (nSPS) is 12.3. The van der Waals surface area contributed by atoms with Crippen LogP contribution in [0.3, 0.4) is 0 Å². The summed E-state index contributed by atoms with van der Waals surface area (Å²) in [6, 6.07) is 19.2. The molecule has 1 N–H and O–H groups in total. The number of anilines is 1. The third kappa shape index (κ3) is 8.23. The van der Waals surface area contributed by atoms with Crippen molar-refractivity contribution in [2.24, 2.45) is 0 Å². The van der Waals surface area contributed by atoms with Crippen molar-refractivity contribution in [1.29, 1.82) is 0 Å². The summed E-state index contributed by atoms with van der Waals surface area (Å²) >= 11 is 0. The molecule has 3 rings (SSSR count). The molecular weight excluding hydrogens is 542 g/mol. The van der Waals surface area contributed by atoms with Crippen LogP contribution in [0.15, 0.2) is 77.7 Å². The number of carbonyl (C=O) groups is 2. The van der Waals surface area contributed by atoms with E-state index in [1.165, 1.54) is 24.1 Å². The molecule has 41 heavy (non-hydrogen) atoms. The van der Waals surface area contributed by atoms with Gasteiger partial charge in [0.25, 0.3) is 10.0 Å². The van der Waals surface area contributed by atoms with Gasteiger partial charge in [0.1, 0.15) is 24.1 Å². The average Bonchev–Trinajstić information content (AvgIpc) is 2.93. The van der Waals surface area contributed by atoms with E-state index in [9.17, 15) is 18.0 Å². The predicted molar refractivity (Wildman–Crippen MR) is 160 cm³/mol. The highest BCUT2D eigenvalue weighted by molar-refractivity contribution is 7.92. The molecule has 0 aliphatic rings. The molecule has 0 spiro atoms. The highest BCUT2D eigenvalue weighted by atomic mass is 32.2. The quantitative estimate of drug-likeness (QED) is 0.357. The van der Waals surface area contributed by atoms with E-state index in [-0.39, 0.29) is 23.0 Å². The van der Waals surface area contributed by atoms with Crippen molar-refractivity contribution in [3.05, 3.63) is 83.9 Å². The molecule has 0 fully saturated rings. The second kappa shape index (κ2) is 13.1. The van der Waals surface area contributed by atoms with Crippen LogP contribution in [-0.2, 0) is 26.2 Å². The highest BCUT2D eigenvalue weighted by Crippen LogP contribution is 2.28. The van der Waals surface area contributed by atoms with E-state index in [2.05, 4.69) is 5.32 Å². The van der Waals surface area contributed by atoms with Crippen LogP contribution in [0.2, 0.25) is 0 Å². The van der Waals surface area contributed by atoms with Crippen molar-refractivity contribution in [1.82, 2.24) is 10.2 Å². The predicted octanol–water partition coefficient (Wildman–Crippen LogP) is 4.54. The first-order valence-corrected chi connectivity index (χ1v) is 14.7. The van der Waals surface area contributed by atoms with E-state index in [0.717, 1.165) is 15.4 Å². The minimum Gasteiger partial charge on any atom is -0.497 e. The largest absolute Gasteiger partial charge is 0.497 e. The van der Waals surface area contributed by atoms with Crippen LogP contribution in [0.5, 0.6) is 11.5 Å². The summed E-state index contributed by atoms with van der Waals surface area (Å²) in [7, 11) is -1.15. The maximum atomic E-state index is 14.1. The molecule has 0 aliphatic carbocycles. The Hall–Kier alpha value is -4.05. The number of ether oxygens (including phenoxy) is 2. The Bertz CT molecular complexity index is 1470. The molecule has 10 heteroatoms. The van der Waals surface area contributed by atoms with Crippen LogP contribution in [0, 0.1) is 6.92 Å². The number of nitrogens with zero attached hydrogens (tertiary/aromatic N) is 2. The SMILES string of the molecule is COc1cccc(CN(C(=O)CN(c2cccc(OC)c2)S(=O)(=O)c2ccc(C)cc2)[C@@H](C)C(=O)NC(C)(C)C)c1. The van der Waals surface area contributed by atoms with Gasteiger partial charge in [0.2, 0.25) is 11.8 Å². The lowest BCUT2D eigenvalue weighted by Gasteiger charge is -2.33. The van der Waals surface area contributed by atoms with Gasteiger partial charge < -0.3 is 19.7 Å². The zero-order chi connectivity index (χ0) is 30.4. The average molecular weight is 582 g/mol.